The van der Waals surface area contributed by atoms with Crippen LogP contribution < -0.4 is 0 Å². The van der Waals surface area contributed by atoms with Crippen molar-refractivity contribution in [3.8, 4) is 0 Å². The summed E-state index contributed by atoms with van der Waals surface area (Å²) in [6, 6.07) is 0. The highest BCUT2D eigenvalue weighted by molar-refractivity contribution is 7.47. The van der Waals surface area contributed by atoms with Gasteiger partial charge in [0.1, 0.15) is 0 Å². The van der Waals surface area contributed by atoms with Crippen LogP contribution in [0.3, 0.4) is 0 Å². The molecule has 0 amide bonds. The Kier molecular flexibility index (Phi) is 5.81. The molecule has 1 atom stereocenters. The lowest BCUT2D eigenvalue weighted by molar-refractivity contribution is 0.117. The van der Waals surface area contributed by atoms with Crippen molar-refractivity contribution in [1.82, 2.24) is 0 Å². The highest BCUT2D eigenvalue weighted by Crippen LogP contribution is 2.44. The summed E-state index contributed by atoms with van der Waals surface area (Å²) in [5, 5.41) is 0. The highest BCUT2D eigenvalue weighted by atomic mass is 31.2. The fraction of sp³-hybridized carbons (Fsp3) is 1.00. The molecule has 0 bridgehead atoms. The largest absolute Gasteiger partial charge is 0.472 e. The molecular weight excluding hydrogens is 191 g/mol. The van der Waals surface area contributed by atoms with Crippen molar-refractivity contribution in [1.29, 1.82) is 0 Å². The van der Waals surface area contributed by atoms with Crippen LogP contribution >= 0.6 is 7.82 Å². The van der Waals surface area contributed by atoms with Crippen molar-refractivity contribution in [3.63, 3.8) is 0 Å². The first-order valence-corrected chi connectivity index (χ1v) is 5.99. The maximum atomic E-state index is 11.1. The van der Waals surface area contributed by atoms with Crippen LogP contribution in [-0.4, -0.2) is 17.6 Å². The molecule has 0 fully saturated rings. The predicted octanol–water partition coefficient (Wildman–Crippen LogP) is 2.57. The van der Waals surface area contributed by atoms with Crippen molar-refractivity contribution >= 4 is 7.82 Å². The van der Waals surface area contributed by atoms with Gasteiger partial charge in [-0.2, -0.15) is 0 Å². The maximum absolute atomic E-state index is 11.1. The van der Waals surface area contributed by atoms with Gasteiger partial charge < -0.3 is 4.89 Å². The average Bonchev–Trinajstić information content (AvgIpc) is 1.81. The van der Waals surface area contributed by atoms with Crippen molar-refractivity contribution in [2.24, 2.45) is 5.92 Å². The molecule has 0 rings (SSSR count). The van der Waals surface area contributed by atoms with Crippen molar-refractivity contribution in [3.05, 3.63) is 0 Å². The van der Waals surface area contributed by atoms with E-state index in [-0.39, 0.29) is 12.7 Å². The van der Waals surface area contributed by atoms with E-state index in [1.54, 1.807) is 13.8 Å². The molecule has 0 aliphatic heterocycles. The van der Waals surface area contributed by atoms with Crippen LogP contribution in [-0.2, 0) is 13.6 Å². The first-order chi connectivity index (χ1) is 5.83. The molecular formula is C8H19O4P. The Morgan fingerprint density at radius 3 is 2.23 bits per heavy atom. The van der Waals surface area contributed by atoms with Crippen LogP contribution in [0.15, 0.2) is 0 Å². The third-order valence-corrected chi connectivity index (χ3v) is 2.49. The monoisotopic (exact) mass is 210 g/mol. The van der Waals surface area contributed by atoms with Crippen LogP contribution in [0.5, 0.6) is 0 Å². The SMILES string of the molecule is CC(C)CCOP(=O)(O)OC(C)C. The van der Waals surface area contributed by atoms with Crippen molar-refractivity contribution in [2.45, 2.75) is 40.2 Å². The Balaban J connectivity index is 3.70. The molecule has 0 radical (unpaired) electrons. The van der Waals surface area contributed by atoms with E-state index in [4.69, 9.17) is 13.9 Å². The second kappa shape index (κ2) is 5.76. The summed E-state index contributed by atoms with van der Waals surface area (Å²) in [4.78, 5) is 9.11. The zero-order chi connectivity index (χ0) is 10.5. The molecule has 0 aromatic rings. The quantitative estimate of drug-likeness (QED) is 0.684. The van der Waals surface area contributed by atoms with Gasteiger partial charge in [-0.3, -0.25) is 9.05 Å². The van der Waals surface area contributed by atoms with E-state index >= 15 is 0 Å². The molecule has 0 heterocycles. The second-order valence-corrected chi connectivity index (χ2v) is 5.04. The number of rotatable bonds is 6. The topological polar surface area (TPSA) is 55.8 Å². The first kappa shape index (κ1) is 13.1. The number of phosphoric ester groups is 1. The Labute approximate surface area is 79.9 Å². The second-order valence-electron chi connectivity index (χ2n) is 3.64. The summed E-state index contributed by atoms with van der Waals surface area (Å²) in [6.07, 6.45) is 0.460. The molecule has 0 spiro atoms. The van der Waals surface area contributed by atoms with E-state index in [1.807, 2.05) is 13.8 Å². The molecule has 0 saturated heterocycles. The zero-order valence-electron chi connectivity index (χ0n) is 8.69. The van der Waals surface area contributed by atoms with Crippen LogP contribution in [0, 0.1) is 5.92 Å². The molecule has 0 aliphatic carbocycles. The fourth-order valence-corrected chi connectivity index (χ4v) is 1.63. The Morgan fingerprint density at radius 2 is 1.85 bits per heavy atom. The molecule has 0 aromatic heterocycles. The number of phosphoric acid groups is 1. The number of hydrogen-bond donors (Lipinski definition) is 1. The molecule has 5 heteroatoms. The lowest BCUT2D eigenvalue weighted by Gasteiger charge is -2.14. The van der Waals surface area contributed by atoms with E-state index in [1.165, 1.54) is 0 Å². The van der Waals surface area contributed by atoms with Gasteiger partial charge in [0.05, 0.1) is 12.7 Å². The molecule has 1 unspecified atom stereocenters. The third-order valence-electron chi connectivity index (χ3n) is 1.29. The Bertz CT molecular complexity index is 179. The van der Waals surface area contributed by atoms with Gasteiger partial charge in [0.2, 0.25) is 0 Å². The van der Waals surface area contributed by atoms with Gasteiger partial charge in [-0.25, -0.2) is 4.57 Å². The predicted molar refractivity (Wildman–Crippen MR) is 51.5 cm³/mol. The van der Waals surface area contributed by atoms with Gasteiger partial charge in [-0.05, 0) is 26.2 Å². The summed E-state index contributed by atoms with van der Waals surface area (Å²) >= 11 is 0. The first-order valence-electron chi connectivity index (χ1n) is 4.49. The Morgan fingerprint density at radius 1 is 1.31 bits per heavy atom. The van der Waals surface area contributed by atoms with Gasteiger partial charge in [0.15, 0.2) is 0 Å². The molecule has 1 N–H and O–H groups in total. The van der Waals surface area contributed by atoms with Crippen LogP contribution in [0.4, 0.5) is 0 Å². The van der Waals surface area contributed by atoms with Gasteiger partial charge in [0, 0.05) is 0 Å². The van der Waals surface area contributed by atoms with Gasteiger partial charge in [-0.1, -0.05) is 13.8 Å². The smallest absolute Gasteiger partial charge is 0.302 e. The molecule has 0 aromatic carbocycles. The molecule has 13 heavy (non-hydrogen) atoms. The van der Waals surface area contributed by atoms with Crippen molar-refractivity contribution in [2.75, 3.05) is 6.61 Å². The van der Waals surface area contributed by atoms with E-state index in [0.717, 1.165) is 6.42 Å². The van der Waals surface area contributed by atoms with E-state index in [9.17, 15) is 4.57 Å². The third kappa shape index (κ3) is 8.44. The summed E-state index contributed by atoms with van der Waals surface area (Å²) in [7, 11) is -3.80. The standard InChI is InChI=1S/C8H19O4P/c1-7(2)5-6-11-13(9,10)12-8(3)4/h7-8H,5-6H2,1-4H3,(H,9,10). The average molecular weight is 210 g/mol. The lowest BCUT2D eigenvalue weighted by Crippen LogP contribution is -2.04. The summed E-state index contributed by atoms with van der Waals surface area (Å²) in [6.45, 7) is 7.69. The van der Waals surface area contributed by atoms with Crippen molar-refractivity contribution < 1.29 is 18.5 Å². The Hall–Kier alpha value is 0.110. The minimum Gasteiger partial charge on any atom is -0.302 e. The lowest BCUT2D eigenvalue weighted by atomic mass is 10.2. The van der Waals surface area contributed by atoms with Gasteiger partial charge in [-0.15, -0.1) is 0 Å². The van der Waals surface area contributed by atoms with Gasteiger partial charge >= 0.3 is 7.82 Å². The molecule has 0 aliphatic rings. The van der Waals surface area contributed by atoms with Crippen LogP contribution in [0.2, 0.25) is 0 Å². The normalized spacial score (nSPS) is 16.5. The molecule has 4 nitrogen and oxygen atoms in total. The van der Waals surface area contributed by atoms with Gasteiger partial charge in [0.25, 0.3) is 0 Å². The van der Waals surface area contributed by atoms with Crippen LogP contribution in [0.25, 0.3) is 0 Å². The van der Waals surface area contributed by atoms with E-state index in [0.29, 0.717) is 5.92 Å². The number of hydrogen-bond acceptors (Lipinski definition) is 3. The minimum atomic E-state index is -3.80. The van der Waals surface area contributed by atoms with E-state index in [2.05, 4.69) is 0 Å². The minimum absolute atomic E-state index is 0.262. The highest BCUT2D eigenvalue weighted by Gasteiger charge is 2.22. The molecule has 0 saturated carbocycles. The summed E-state index contributed by atoms with van der Waals surface area (Å²) in [5.41, 5.74) is 0. The fourth-order valence-electron chi connectivity index (χ4n) is 0.701. The molecule has 80 valence electrons. The maximum Gasteiger partial charge on any atom is 0.472 e. The summed E-state index contributed by atoms with van der Waals surface area (Å²) < 4.78 is 20.6. The van der Waals surface area contributed by atoms with E-state index < -0.39 is 7.82 Å². The van der Waals surface area contributed by atoms with Crippen LogP contribution in [0.1, 0.15) is 34.1 Å². The summed E-state index contributed by atoms with van der Waals surface area (Å²) in [5.74, 6) is 0.457. The zero-order valence-corrected chi connectivity index (χ0v) is 9.58.